The highest BCUT2D eigenvalue weighted by atomic mass is 19.4. The van der Waals surface area contributed by atoms with Gasteiger partial charge in [-0.3, -0.25) is 14.6 Å². The molecule has 5 unspecified atom stereocenters. The van der Waals surface area contributed by atoms with Gasteiger partial charge in [0.15, 0.2) is 0 Å². The molecule has 2 heterocycles. The Morgan fingerprint density at radius 2 is 2.00 bits per heavy atom. The molecule has 5 atom stereocenters. The van der Waals surface area contributed by atoms with Crippen LogP contribution in [0.1, 0.15) is 69.0 Å². The van der Waals surface area contributed by atoms with Gasteiger partial charge in [0, 0.05) is 43.3 Å². The lowest BCUT2D eigenvalue weighted by atomic mass is 9.74. The number of methoxy groups -OCH3 is 1. The zero-order chi connectivity index (χ0) is 26.7. The van der Waals surface area contributed by atoms with Crippen molar-refractivity contribution in [2.45, 2.75) is 70.0 Å². The zero-order valence-corrected chi connectivity index (χ0v) is 21.7. The van der Waals surface area contributed by atoms with Gasteiger partial charge in [0.1, 0.15) is 0 Å². The summed E-state index contributed by atoms with van der Waals surface area (Å²) >= 11 is 0. The van der Waals surface area contributed by atoms with Crippen molar-refractivity contribution in [2.75, 3.05) is 13.7 Å². The van der Waals surface area contributed by atoms with Crippen molar-refractivity contribution in [1.29, 1.82) is 0 Å². The maximum Gasteiger partial charge on any atom is 0.391 e. The van der Waals surface area contributed by atoms with Crippen LogP contribution in [0.25, 0.3) is 17.0 Å². The lowest BCUT2D eigenvalue weighted by Gasteiger charge is -2.36. The highest BCUT2D eigenvalue weighted by Gasteiger charge is 2.44. The molecule has 1 N–H and O–H groups in total. The molecule has 2 aliphatic rings. The van der Waals surface area contributed by atoms with Gasteiger partial charge in [0.2, 0.25) is 5.91 Å². The van der Waals surface area contributed by atoms with E-state index >= 15 is 0 Å². The third kappa shape index (κ3) is 6.25. The molecule has 0 saturated heterocycles. The Balaban J connectivity index is 1.51. The van der Waals surface area contributed by atoms with E-state index in [1.165, 1.54) is 0 Å². The highest BCUT2D eigenvalue weighted by Crippen LogP contribution is 2.41. The molecule has 0 spiro atoms. The molecule has 6 nitrogen and oxygen atoms in total. The standard InChI is InChI=1S/C28H36F3N3O3/c1-17-9-10-22(33-26(35)18-6-4-7-20(12-18)28(29,30)31)14-23(17)24-13-19-16-32-21(8-5-11-37-3)15-25(19)34(2)27(24)36/h5,8,13,15-18,20,22-23H,4,6-7,9-12,14H2,1-3H3,(H,33,35)/b8-5+. The molecule has 2 aliphatic carbocycles. The molecule has 0 bridgehead atoms. The Bertz CT molecular complexity index is 1210. The molecule has 1 amide bonds. The minimum absolute atomic E-state index is 0.0577. The number of alkyl halides is 3. The van der Waals surface area contributed by atoms with Gasteiger partial charge < -0.3 is 14.6 Å². The fourth-order valence-electron chi connectivity index (χ4n) is 5.96. The number of fused-ring (bicyclic) bond motifs is 1. The van der Waals surface area contributed by atoms with Crippen LogP contribution in [0.2, 0.25) is 0 Å². The zero-order valence-electron chi connectivity index (χ0n) is 21.7. The van der Waals surface area contributed by atoms with E-state index in [2.05, 4.69) is 17.2 Å². The van der Waals surface area contributed by atoms with E-state index in [0.717, 1.165) is 29.4 Å². The Morgan fingerprint density at radius 3 is 2.73 bits per heavy atom. The molecule has 202 valence electrons. The van der Waals surface area contributed by atoms with Gasteiger partial charge >= 0.3 is 6.18 Å². The SMILES string of the molecule is COC/C=C/c1cc2c(cn1)cc(C1CC(NC(=O)C3CCCC(C(F)(F)F)C3)CCC1C)c(=O)n2C. The Kier molecular flexibility index (Phi) is 8.41. The molecule has 2 aromatic rings. The summed E-state index contributed by atoms with van der Waals surface area (Å²) < 4.78 is 46.3. The number of carbonyl (C=O) groups excluding carboxylic acids is 1. The van der Waals surface area contributed by atoms with Crippen molar-refractivity contribution < 1.29 is 22.7 Å². The van der Waals surface area contributed by atoms with Crippen molar-refractivity contribution in [3.8, 4) is 0 Å². The number of halogens is 3. The predicted molar refractivity (Wildman–Crippen MR) is 137 cm³/mol. The van der Waals surface area contributed by atoms with Crippen LogP contribution in [0, 0.1) is 17.8 Å². The molecule has 9 heteroatoms. The predicted octanol–water partition coefficient (Wildman–Crippen LogP) is 5.35. The summed E-state index contributed by atoms with van der Waals surface area (Å²) in [5.41, 5.74) is 2.14. The molecule has 4 rings (SSSR count). The van der Waals surface area contributed by atoms with Gasteiger partial charge in [-0.1, -0.05) is 19.4 Å². The maximum atomic E-state index is 13.4. The fraction of sp³-hybridized carbons (Fsp3) is 0.607. The van der Waals surface area contributed by atoms with Gasteiger partial charge in [0.25, 0.3) is 5.56 Å². The minimum atomic E-state index is -4.25. The minimum Gasteiger partial charge on any atom is -0.381 e. The molecule has 0 aliphatic heterocycles. The van der Waals surface area contributed by atoms with Gasteiger partial charge in [-0.05, 0) is 68.6 Å². The molecule has 2 saturated carbocycles. The van der Waals surface area contributed by atoms with Crippen LogP contribution in [0.15, 0.2) is 29.2 Å². The van der Waals surface area contributed by atoms with E-state index in [9.17, 15) is 22.8 Å². The number of nitrogens with zero attached hydrogens (tertiary/aromatic N) is 2. The Labute approximate surface area is 215 Å². The van der Waals surface area contributed by atoms with Crippen LogP contribution in [0.3, 0.4) is 0 Å². The Morgan fingerprint density at radius 1 is 1.22 bits per heavy atom. The first kappa shape index (κ1) is 27.4. The van der Waals surface area contributed by atoms with Crippen LogP contribution in [0.4, 0.5) is 13.2 Å². The van der Waals surface area contributed by atoms with E-state index in [0.29, 0.717) is 31.4 Å². The number of carbonyl (C=O) groups is 1. The van der Waals surface area contributed by atoms with E-state index in [4.69, 9.17) is 4.74 Å². The summed E-state index contributed by atoms with van der Waals surface area (Å²) in [6.45, 7) is 2.59. The molecular formula is C28H36F3N3O3. The van der Waals surface area contributed by atoms with Crippen LogP contribution < -0.4 is 10.9 Å². The average Bonchev–Trinajstić information content (AvgIpc) is 2.87. The second-order valence-corrected chi connectivity index (χ2v) is 10.7. The number of pyridine rings is 2. The third-order valence-corrected chi connectivity index (χ3v) is 8.16. The first-order chi connectivity index (χ1) is 17.6. The van der Waals surface area contributed by atoms with Crippen LogP contribution in [0.5, 0.6) is 0 Å². The van der Waals surface area contributed by atoms with Gasteiger partial charge in [-0.2, -0.15) is 13.2 Å². The van der Waals surface area contributed by atoms with E-state index < -0.39 is 18.0 Å². The van der Waals surface area contributed by atoms with Crippen LogP contribution in [-0.2, 0) is 16.6 Å². The monoisotopic (exact) mass is 519 g/mol. The quantitative estimate of drug-likeness (QED) is 0.559. The maximum absolute atomic E-state index is 13.4. The number of hydrogen-bond acceptors (Lipinski definition) is 4. The first-order valence-electron chi connectivity index (χ1n) is 13.1. The van der Waals surface area contributed by atoms with Crippen LogP contribution in [-0.4, -0.2) is 41.4 Å². The second-order valence-electron chi connectivity index (χ2n) is 10.7. The second kappa shape index (κ2) is 11.4. The number of rotatable bonds is 6. The van der Waals surface area contributed by atoms with Crippen molar-refractivity contribution in [2.24, 2.45) is 24.8 Å². The van der Waals surface area contributed by atoms with Gasteiger partial charge in [-0.25, -0.2) is 0 Å². The summed E-state index contributed by atoms with van der Waals surface area (Å²) in [4.78, 5) is 30.8. The molecule has 0 aromatic carbocycles. The summed E-state index contributed by atoms with van der Waals surface area (Å²) in [7, 11) is 3.37. The average molecular weight is 520 g/mol. The first-order valence-corrected chi connectivity index (χ1v) is 13.1. The van der Waals surface area contributed by atoms with Crippen LogP contribution >= 0.6 is 0 Å². The molecule has 0 radical (unpaired) electrons. The topological polar surface area (TPSA) is 73.2 Å². The normalized spacial score (nSPS) is 27.0. The largest absolute Gasteiger partial charge is 0.391 e. The summed E-state index contributed by atoms with van der Waals surface area (Å²) in [5.74, 6) is -2.10. The van der Waals surface area contributed by atoms with Crippen molar-refractivity contribution in [3.63, 3.8) is 0 Å². The van der Waals surface area contributed by atoms with Gasteiger partial charge in [0.05, 0.1) is 23.7 Å². The van der Waals surface area contributed by atoms with E-state index in [1.54, 1.807) is 24.9 Å². The van der Waals surface area contributed by atoms with E-state index in [-0.39, 0.29) is 42.2 Å². The number of aromatic nitrogens is 2. The van der Waals surface area contributed by atoms with Crippen molar-refractivity contribution in [3.05, 3.63) is 46.0 Å². The smallest absolute Gasteiger partial charge is 0.381 e. The third-order valence-electron chi connectivity index (χ3n) is 8.16. The molecule has 37 heavy (non-hydrogen) atoms. The number of aryl methyl sites for hydroxylation is 1. The molecule has 2 fully saturated rings. The van der Waals surface area contributed by atoms with Crippen molar-refractivity contribution in [1.82, 2.24) is 14.9 Å². The Hall–Kier alpha value is -2.68. The fourth-order valence-corrected chi connectivity index (χ4v) is 5.96. The summed E-state index contributed by atoms with van der Waals surface area (Å²) in [5, 5.41) is 3.90. The molecular weight excluding hydrogens is 483 g/mol. The number of amides is 1. The number of nitrogens with one attached hydrogen (secondary N) is 1. The number of ether oxygens (including phenoxy) is 1. The highest BCUT2D eigenvalue weighted by molar-refractivity contribution is 5.81. The lowest BCUT2D eigenvalue weighted by Crippen LogP contribution is -2.45. The number of hydrogen-bond donors (Lipinski definition) is 1. The lowest BCUT2D eigenvalue weighted by molar-refractivity contribution is -0.186. The van der Waals surface area contributed by atoms with Gasteiger partial charge in [-0.15, -0.1) is 0 Å². The summed E-state index contributed by atoms with van der Waals surface area (Å²) in [6.07, 6.45) is 4.26. The molecule has 2 aromatic heterocycles. The summed E-state index contributed by atoms with van der Waals surface area (Å²) in [6, 6.07) is 3.62. The van der Waals surface area contributed by atoms with E-state index in [1.807, 2.05) is 24.3 Å². The van der Waals surface area contributed by atoms with Crippen molar-refractivity contribution >= 4 is 22.9 Å².